The van der Waals surface area contributed by atoms with Crippen molar-refractivity contribution in [3.8, 4) is 6.07 Å². The molecule has 0 aliphatic carbocycles. The normalized spacial score (nSPS) is 11.6. The molecule has 1 rings (SSSR count). The quantitative estimate of drug-likeness (QED) is 0.824. The second kappa shape index (κ2) is 5.17. The Morgan fingerprint density at radius 1 is 1.44 bits per heavy atom. The highest BCUT2D eigenvalue weighted by atomic mass is 16.1. The van der Waals surface area contributed by atoms with E-state index < -0.39 is 11.8 Å². The van der Waals surface area contributed by atoms with E-state index in [1.165, 1.54) is 0 Å². The minimum atomic E-state index is -0.455. The van der Waals surface area contributed by atoms with Gasteiger partial charge in [0.1, 0.15) is 0 Å². The maximum absolute atomic E-state index is 10.8. The largest absolute Gasteiger partial charge is 0.378 e. The summed E-state index contributed by atoms with van der Waals surface area (Å²) in [7, 11) is 3.89. The second-order valence-corrected chi connectivity index (χ2v) is 3.84. The van der Waals surface area contributed by atoms with E-state index in [1.54, 1.807) is 0 Å². The van der Waals surface area contributed by atoms with E-state index in [0.29, 0.717) is 0 Å². The number of primary amides is 1. The average Bonchev–Trinajstić information content (AvgIpc) is 2.25. The maximum atomic E-state index is 10.8. The Morgan fingerprint density at radius 2 is 2.00 bits per heavy atom. The maximum Gasteiger partial charge on any atom is 0.219 e. The molecule has 0 saturated carbocycles. The van der Waals surface area contributed by atoms with E-state index in [9.17, 15) is 4.79 Å². The van der Waals surface area contributed by atoms with Crippen LogP contribution in [0.15, 0.2) is 24.3 Å². The third-order valence-corrected chi connectivity index (χ3v) is 2.37. The molecule has 0 spiro atoms. The number of benzene rings is 1. The summed E-state index contributed by atoms with van der Waals surface area (Å²) in [5.74, 6) is -0.906. The number of hydrogen-bond acceptors (Lipinski definition) is 3. The lowest BCUT2D eigenvalue weighted by Gasteiger charge is -2.13. The zero-order chi connectivity index (χ0) is 12.1. The molecule has 0 bridgehead atoms. The SMILES string of the molecule is CN(C)c1ccc(C(C#N)CC(N)=O)cc1. The molecule has 0 aliphatic rings. The van der Waals surface area contributed by atoms with Crippen LogP contribution in [-0.4, -0.2) is 20.0 Å². The first-order chi connectivity index (χ1) is 7.54. The van der Waals surface area contributed by atoms with Crippen molar-refractivity contribution >= 4 is 11.6 Å². The first-order valence-corrected chi connectivity index (χ1v) is 4.99. The van der Waals surface area contributed by atoms with E-state index in [1.807, 2.05) is 43.3 Å². The zero-order valence-corrected chi connectivity index (χ0v) is 9.47. The number of carbonyl (C=O) groups excluding carboxylic acids is 1. The molecule has 0 radical (unpaired) electrons. The smallest absolute Gasteiger partial charge is 0.219 e. The van der Waals surface area contributed by atoms with Crippen LogP contribution in [0.5, 0.6) is 0 Å². The Labute approximate surface area is 95.3 Å². The predicted molar refractivity (Wildman–Crippen MR) is 62.9 cm³/mol. The number of nitrogens with two attached hydrogens (primary N) is 1. The highest BCUT2D eigenvalue weighted by Gasteiger charge is 2.13. The van der Waals surface area contributed by atoms with Crippen molar-refractivity contribution < 1.29 is 4.79 Å². The van der Waals surface area contributed by atoms with Crippen LogP contribution in [0.2, 0.25) is 0 Å². The van der Waals surface area contributed by atoms with Gasteiger partial charge in [-0.25, -0.2) is 0 Å². The van der Waals surface area contributed by atoms with Gasteiger partial charge in [0.25, 0.3) is 0 Å². The molecule has 1 amide bonds. The molecule has 0 saturated heterocycles. The van der Waals surface area contributed by atoms with Crippen LogP contribution in [0.1, 0.15) is 17.9 Å². The molecule has 0 fully saturated rings. The Kier molecular flexibility index (Phi) is 3.90. The molecular weight excluding hydrogens is 202 g/mol. The summed E-state index contributed by atoms with van der Waals surface area (Å²) in [4.78, 5) is 12.8. The van der Waals surface area contributed by atoms with E-state index >= 15 is 0 Å². The number of amides is 1. The predicted octanol–water partition coefficient (Wildman–Crippen LogP) is 1.24. The molecule has 1 aromatic rings. The summed E-state index contributed by atoms with van der Waals surface area (Å²) in [6, 6.07) is 9.63. The minimum Gasteiger partial charge on any atom is -0.378 e. The van der Waals surface area contributed by atoms with Crippen LogP contribution in [0.3, 0.4) is 0 Å². The molecule has 84 valence electrons. The first-order valence-electron chi connectivity index (χ1n) is 4.99. The minimum absolute atomic E-state index is 0.0673. The van der Waals surface area contributed by atoms with Gasteiger partial charge in [0.15, 0.2) is 0 Å². The second-order valence-electron chi connectivity index (χ2n) is 3.84. The van der Waals surface area contributed by atoms with Gasteiger partial charge in [-0.1, -0.05) is 12.1 Å². The van der Waals surface area contributed by atoms with Crippen LogP contribution < -0.4 is 10.6 Å². The molecule has 4 heteroatoms. The standard InChI is InChI=1S/C12H15N3O/c1-15(2)11-5-3-9(4-6-11)10(8-13)7-12(14)16/h3-6,10H,7H2,1-2H3,(H2,14,16). The van der Waals surface area contributed by atoms with Crippen LogP contribution in [0.4, 0.5) is 5.69 Å². The molecule has 0 heterocycles. The molecule has 0 aliphatic heterocycles. The molecule has 1 unspecified atom stereocenters. The Hall–Kier alpha value is -2.02. The fourth-order valence-corrected chi connectivity index (χ4v) is 1.44. The Bertz CT molecular complexity index is 403. The van der Waals surface area contributed by atoms with Crippen molar-refractivity contribution in [1.29, 1.82) is 5.26 Å². The lowest BCUT2D eigenvalue weighted by atomic mass is 9.97. The topological polar surface area (TPSA) is 70.1 Å². The van der Waals surface area contributed by atoms with Crippen molar-refractivity contribution in [2.24, 2.45) is 5.73 Å². The van der Waals surface area contributed by atoms with E-state index in [0.717, 1.165) is 11.3 Å². The highest BCUT2D eigenvalue weighted by Crippen LogP contribution is 2.21. The van der Waals surface area contributed by atoms with Crippen molar-refractivity contribution in [3.63, 3.8) is 0 Å². The van der Waals surface area contributed by atoms with Gasteiger partial charge in [-0.3, -0.25) is 4.79 Å². The van der Waals surface area contributed by atoms with Gasteiger partial charge in [0.2, 0.25) is 5.91 Å². The van der Waals surface area contributed by atoms with Crippen LogP contribution in [0, 0.1) is 11.3 Å². The van der Waals surface area contributed by atoms with Crippen molar-refractivity contribution in [2.45, 2.75) is 12.3 Å². The monoisotopic (exact) mass is 217 g/mol. The Balaban J connectivity index is 2.87. The fourth-order valence-electron chi connectivity index (χ4n) is 1.44. The van der Waals surface area contributed by atoms with Gasteiger partial charge in [-0.15, -0.1) is 0 Å². The summed E-state index contributed by atoms with van der Waals surface area (Å²) in [5.41, 5.74) is 6.97. The number of anilines is 1. The summed E-state index contributed by atoms with van der Waals surface area (Å²) < 4.78 is 0. The van der Waals surface area contributed by atoms with Gasteiger partial charge >= 0.3 is 0 Å². The van der Waals surface area contributed by atoms with Gasteiger partial charge in [0.05, 0.1) is 12.0 Å². The third-order valence-electron chi connectivity index (χ3n) is 2.37. The van der Waals surface area contributed by atoms with Crippen molar-refractivity contribution in [1.82, 2.24) is 0 Å². The molecule has 1 aromatic carbocycles. The molecular formula is C12H15N3O. The van der Waals surface area contributed by atoms with Crippen LogP contribution in [0.25, 0.3) is 0 Å². The summed E-state index contributed by atoms with van der Waals surface area (Å²) in [6.45, 7) is 0. The Morgan fingerprint density at radius 3 is 2.38 bits per heavy atom. The van der Waals surface area contributed by atoms with Gasteiger partial charge in [0, 0.05) is 26.2 Å². The van der Waals surface area contributed by atoms with Gasteiger partial charge in [-0.2, -0.15) is 5.26 Å². The zero-order valence-electron chi connectivity index (χ0n) is 9.47. The van der Waals surface area contributed by atoms with Crippen molar-refractivity contribution in [3.05, 3.63) is 29.8 Å². The van der Waals surface area contributed by atoms with Crippen LogP contribution >= 0.6 is 0 Å². The molecule has 0 aromatic heterocycles. The number of nitriles is 1. The number of hydrogen-bond donors (Lipinski definition) is 1. The van der Waals surface area contributed by atoms with Gasteiger partial charge < -0.3 is 10.6 Å². The van der Waals surface area contributed by atoms with Crippen LogP contribution in [-0.2, 0) is 4.79 Å². The first kappa shape index (κ1) is 12.1. The fraction of sp³-hybridized carbons (Fsp3) is 0.333. The van der Waals surface area contributed by atoms with E-state index in [4.69, 9.17) is 11.0 Å². The highest BCUT2D eigenvalue weighted by molar-refractivity contribution is 5.75. The lowest BCUT2D eigenvalue weighted by molar-refractivity contribution is -0.118. The summed E-state index contributed by atoms with van der Waals surface area (Å²) in [5, 5.41) is 8.94. The molecule has 4 nitrogen and oxygen atoms in total. The van der Waals surface area contributed by atoms with Gasteiger partial charge in [-0.05, 0) is 17.7 Å². The van der Waals surface area contributed by atoms with Crippen molar-refractivity contribution in [2.75, 3.05) is 19.0 Å². The van der Waals surface area contributed by atoms with E-state index in [-0.39, 0.29) is 6.42 Å². The lowest BCUT2D eigenvalue weighted by Crippen LogP contribution is -2.14. The molecule has 16 heavy (non-hydrogen) atoms. The third kappa shape index (κ3) is 2.99. The summed E-state index contributed by atoms with van der Waals surface area (Å²) >= 11 is 0. The average molecular weight is 217 g/mol. The number of carbonyl (C=O) groups is 1. The number of nitrogens with zero attached hydrogens (tertiary/aromatic N) is 2. The van der Waals surface area contributed by atoms with E-state index in [2.05, 4.69) is 6.07 Å². The molecule has 1 atom stereocenters. The molecule has 2 N–H and O–H groups in total. The summed E-state index contributed by atoms with van der Waals surface area (Å²) in [6.07, 6.45) is 0.0673. The number of rotatable bonds is 4.